The van der Waals surface area contributed by atoms with E-state index in [1.165, 1.54) is 44.9 Å². The molecule has 0 spiro atoms. The monoisotopic (exact) mass is 436 g/mol. The number of hydrogen-bond donors (Lipinski definition) is 0. The molecule has 0 aromatic rings. The fourth-order valence-corrected chi connectivity index (χ4v) is 4.24. The van der Waals surface area contributed by atoms with E-state index in [1.54, 1.807) is 0 Å². The average molecular weight is 437 g/mol. The van der Waals surface area contributed by atoms with Crippen LogP contribution in [0.4, 0.5) is 4.39 Å². The lowest BCUT2D eigenvalue weighted by Gasteiger charge is -2.42. The summed E-state index contributed by atoms with van der Waals surface area (Å²) in [5.74, 6) is -1.22. The van der Waals surface area contributed by atoms with Gasteiger partial charge in [0.15, 0.2) is 18.4 Å². The van der Waals surface area contributed by atoms with Crippen molar-refractivity contribution in [2.75, 3.05) is 12.4 Å². The van der Waals surface area contributed by atoms with Gasteiger partial charge >= 0.3 is 17.9 Å². The molecule has 9 heteroatoms. The maximum absolute atomic E-state index is 15.1. The molecule has 7 nitrogen and oxygen atoms in total. The summed E-state index contributed by atoms with van der Waals surface area (Å²) in [5.41, 5.74) is -0.914. The van der Waals surface area contributed by atoms with E-state index in [1.807, 2.05) is 0 Å². The molecule has 168 valence electrons. The van der Waals surface area contributed by atoms with Crippen LogP contribution in [0.15, 0.2) is 0 Å². The van der Waals surface area contributed by atoms with Crippen molar-refractivity contribution < 1.29 is 37.7 Å². The van der Waals surface area contributed by atoms with Gasteiger partial charge in [-0.2, -0.15) is 0 Å². The summed E-state index contributed by atoms with van der Waals surface area (Å²) >= 11 is 1.29. The molecule has 0 bridgehead atoms. The Labute approximate surface area is 176 Å². The van der Waals surface area contributed by atoms with E-state index in [0.717, 1.165) is 26.2 Å². The van der Waals surface area contributed by atoms with Crippen molar-refractivity contribution in [3.05, 3.63) is 0 Å². The molecule has 0 saturated carbocycles. The molecular weight excluding hydrogens is 403 g/mol. The summed E-state index contributed by atoms with van der Waals surface area (Å²) in [6, 6.07) is 0. The Morgan fingerprint density at radius 3 is 2.07 bits per heavy atom. The van der Waals surface area contributed by atoms with Crippen molar-refractivity contribution in [2.24, 2.45) is 0 Å². The zero-order chi connectivity index (χ0) is 21.8. The highest BCUT2D eigenvalue weighted by molar-refractivity contribution is 7.99. The van der Waals surface area contributed by atoms with Gasteiger partial charge in [-0.1, -0.05) is 39.0 Å². The van der Waals surface area contributed by atoms with Gasteiger partial charge in [0, 0.05) is 20.8 Å². The highest BCUT2D eigenvalue weighted by atomic mass is 32.2. The van der Waals surface area contributed by atoms with Gasteiger partial charge in [-0.25, -0.2) is 4.39 Å². The molecule has 0 aromatic carbocycles. The van der Waals surface area contributed by atoms with Gasteiger partial charge in [0.25, 0.3) is 0 Å². The standard InChI is InChI=1S/C20H33FO7S/c1-5-6-7-8-9-10-11-29-20-17(21)19(27-15(4)24)18(26-14(3)23)16(28-20)12-25-13(2)22/h16-20H,5-12H2,1-4H3/t16-,17+,18-,19-,20+/m1/s1. The van der Waals surface area contributed by atoms with Gasteiger partial charge in [0.05, 0.1) is 0 Å². The molecule has 29 heavy (non-hydrogen) atoms. The van der Waals surface area contributed by atoms with E-state index < -0.39 is 47.8 Å². The maximum atomic E-state index is 15.1. The lowest BCUT2D eigenvalue weighted by molar-refractivity contribution is -0.221. The summed E-state index contributed by atoms with van der Waals surface area (Å²) < 4.78 is 36.1. The van der Waals surface area contributed by atoms with Gasteiger partial charge in [0.2, 0.25) is 0 Å². The first-order chi connectivity index (χ1) is 13.8. The molecule has 5 atom stereocenters. The molecule has 0 radical (unpaired) electrons. The lowest BCUT2D eigenvalue weighted by Crippen LogP contribution is -2.59. The zero-order valence-corrected chi connectivity index (χ0v) is 18.5. The number of hydrogen-bond acceptors (Lipinski definition) is 8. The minimum absolute atomic E-state index is 0.230. The maximum Gasteiger partial charge on any atom is 0.303 e. The smallest absolute Gasteiger partial charge is 0.303 e. The van der Waals surface area contributed by atoms with E-state index in [4.69, 9.17) is 18.9 Å². The van der Waals surface area contributed by atoms with Crippen LogP contribution in [0.1, 0.15) is 66.2 Å². The van der Waals surface area contributed by atoms with E-state index in [2.05, 4.69) is 6.92 Å². The molecule has 0 aliphatic carbocycles. The molecule has 1 heterocycles. The van der Waals surface area contributed by atoms with E-state index in [-0.39, 0.29) is 6.61 Å². The fraction of sp³-hybridized carbons (Fsp3) is 0.850. The quantitative estimate of drug-likeness (QED) is 0.261. The molecule has 1 fully saturated rings. The SMILES string of the molecule is CCCCCCCCS[C@@H]1O[C@H](COC(C)=O)[C@@H](OC(C)=O)[C@H](OC(C)=O)[C@@H]1F. The number of rotatable bonds is 12. The molecule has 1 aliphatic rings. The molecule has 1 saturated heterocycles. The third kappa shape index (κ3) is 9.80. The number of alkyl halides is 1. The summed E-state index contributed by atoms with van der Waals surface area (Å²) in [5, 5.41) is 0. The predicted molar refractivity (Wildman–Crippen MR) is 107 cm³/mol. The number of carbonyl (C=O) groups excluding carboxylic acids is 3. The second-order valence-corrected chi connectivity index (χ2v) is 8.28. The van der Waals surface area contributed by atoms with Crippen LogP contribution in [-0.4, -0.2) is 60.2 Å². The number of thioether (sulfide) groups is 1. The highest BCUT2D eigenvalue weighted by Gasteiger charge is 2.50. The Bertz CT molecular complexity index is 531. The summed E-state index contributed by atoms with van der Waals surface area (Å²) in [6.45, 7) is 5.49. The molecular formula is C20H33FO7S. The Morgan fingerprint density at radius 1 is 0.897 bits per heavy atom. The number of ether oxygens (including phenoxy) is 4. The topological polar surface area (TPSA) is 88.1 Å². The summed E-state index contributed by atoms with van der Waals surface area (Å²) in [4.78, 5) is 34.2. The Hall–Kier alpha value is -1.35. The molecule has 1 rings (SSSR count). The van der Waals surface area contributed by atoms with Crippen LogP contribution >= 0.6 is 11.8 Å². The van der Waals surface area contributed by atoms with Crippen molar-refractivity contribution in [3.63, 3.8) is 0 Å². The Kier molecular flexibility index (Phi) is 12.2. The van der Waals surface area contributed by atoms with Crippen molar-refractivity contribution in [3.8, 4) is 0 Å². The Morgan fingerprint density at radius 2 is 1.48 bits per heavy atom. The van der Waals surface area contributed by atoms with Crippen LogP contribution in [0.5, 0.6) is 0 Å². The van der Waals surface area contributed by atoms with Crippen LogP contribution in [0, 0.1) is 0 Å². The first kappa shape index (κ1) is 25.7. The Balaban J connectivity index is 2.77. The van der Waals surface area contributed by atoms with E-state index >= 15 is 4.39 Å². The normalized spacial score (nSPS) is 26.6. The van der Waals surface area contributed by atoms with Crippen LogP contribution in [0.3, 0.4) is 0 Å². The second kappa shape index (κ2) is 13.8. The van der Waals surface area contributed by atoms with Crippen LogP contribution in [-0.2, 0) is 33.3 Å². The van der Waals surface area contributed by atoms with Crippen molar-refractivity contribution >= 4 is 29.7 Å². The first-order valence-electron chi connectivity index (χ1n) is 10.1. The van der Waals surface area contributed by atoms with Gasteiger partial charge < -0.3 is 18.9 Å². The summed E-state index contributed by atoms with van der Waals surface area (Å²) in [6.07, 6.45) is 1.56. The lowest BCUT2D eigenvalue weighted by atomic mass is 10.0. The van der Waals surface area contributed by atoms with Crippen molar-refractivity contribution in [2.45, 2.75) is 96.1 Å². The van der Waals surface area contributed by atoms with Gasteiger partial charge in [-0.3, -0.25) is 14.4 Å². The van der Waals surface area contributed by atoms with Crippen molar-refractivity contribution in [1.82, 2.24) is 0 Å². The third-order valence-corrected chi connectivity index (χ3v) is 5.63. The minimum Gasteiger partial charge on any atom is -0.463 e. The zero-order valence-electron chi connectivity index (χ0n) is 17.7. The highest BCUT2D eigenvalue weighted by Crippen LogP contribution is 2.34. The largest absolute Gasteiger partial charge is 0.463 e. The number of halogens is 1. The fourth-order valence-electron chi connectivity index (χ4n) is 3.08. The molecule has 0 N–H and O–H groups in total. The van der Waals surface area contributed by atoms with Crippen molar-refractivity contribution in [1.29, 1.82) is 0 Å². The van der Waals surface area contributed by atoms with Gasteiger partial charge in [-0.05, 0) is 12.2 Å². The van der Waals surface area contributed by atoms with Gasteiger partial charge in [-0.15, -0.1) is 11.8 Å². The van der Waals surface area contributed by atoms with E-state index in [0.29, 0.717) is 5.75 Å². The minimum atomic E-state index is -1.68. The van der Waals surface area contributed by atoms with Gasteiger partial charge in [0.1, 0.15) is 18.1 Å². The average Bonchev–Trinajstić information content (AvgIpc) is 2.63. The number of unbranched alkanes of at least 4 members (excludes halogenated alkanes) is 5. The molecule has 0 aromatic heterocycles. The first-order valence-corrected chi connectivity index (χ1v) is 11.2. The third-order valence-electron chi connectivity index (χ3n) is 4.41. The number of carbonyl (C=O) groups is 3. The van der Waals surface area contributed by atoms with Crippen LogP contribution in [0.25, 0.3) is 0 Å². The number of esters is 3. The molecule has 0 amide bonds. The van der Waals surface area contributed by atoms with E-state index in [9.17, 15) is 14.4 Å². The summed E-state index contributed by atoms with van der Waals surface area (Å²) in [7, 11) is 0. The predicted octanol–water partition coefficient (Wildman–Crippen LogP) is 3.57. The van der Waals surface area contributed by atoms with Crippen LogP contribution in [0.2, 0.25) is 0 Å². The molecule has 0 unspecified atom stereocenters. The second-order valence-electron chi connectivity index (χ2n) is 7.08. The van der Waals surface area contributed by atoms with Crippen LogP contribution < -0.4 is 0 Å². The molecule has 1 aliphatic heterocycles.